The van der Waals surface area contributed by atoms with Gasteiger partial charge in [0.25, 0.3) is 0 Å². The van der Waals surface area contributed by atoms with E-state index in [1.54, 1.807) is 24.1 Å². The standard InChI is InChI=1S/C20H23N5O3S/c1-13-6-4-7-14(2)18(13)23-17(26)10-21-19(27)15(3)29-20-24-22-12-25(20)11-16-8-5-9-28-16/h4-9,12,15H,10-11H2,1-3H3,(H,21,27)(H,23,26). The summed E-state index contributed by atoms with van der Waals surface area (Å²) in [6.45, 7) is 6.00. The predicted molar refractivity (Wildman–Crippen MR) is 111 cm³/mol. The Bertz CT molecular complexity index is 964. The van der Waals surface area contributed by atoms with Crippen LogP contribution in [0, 0.1) is 13.8 Å². The van der Waals surface area contributed by atoms with Crippen LogP contribution in [-0.4, -0.2) is 38.4 Å². The molecule has 0 radical (unpaired) electrons. The Hall–Kier alpha value is -3.07. The number of hydrogen-bond acceptors (Lipinski definition) is 6. The van der Waals surface area contributed by atoms with Gasteiger partial charge in [-0.05, 0) is 44.0 Å². The SMILES string of the molecule is Cc1cccc(C)c1NC(=O)CNC(=O)C(C)Sc1nncn1Cc1ccco1. The van der Waals surface area contributed by atoms with E-state index in [4.69, 9.17) is 4.42 Å². The molecule has 1 atom stereocenters. The number of rotatable bonds is 8. The molecule has 0 saturated carbocycles. The smallest absolute Gasteiger partial charge is 0.243 e. The van der Waals surface area contributed by atoms with E-state index in [1.807, 2.05) is 44.2 Å². The predicted octanol–water partition coefficient (Wildman–Crippen LogP) is 2.77. The molecule has 0 bridgehead atoms. The van der Waals surface area contributed by atoms with Crippen molar-refractivity contribution in [1.82, 2.24) is 20.1 Å². The fraction of sp³-hybridized carbons (Fsp3) is 0.300. The Labute approximate surface area is 173 Å². The molecule has 2 N–H and O–H groups in total. The molecule has 0 aliphatic carbocycles. The zero-order valence-electron chi connectivity index (χ0n) is 16.5. The molecule has 8 nitrogen and oxygen atoms in total. The minimum atomic E-state index is -0.442. The molecule has 0 saturated heterocycles. The lowest BCUT2D eigenvalue weighted by molar-refractivity contribution is -0.123. The van der Waals surface area contributed by atoms with Crippen LogP contribution in [0.5, 0.6) is 0 Å². The van der Waals surface area contributed by atoms with E-state index in [0.717, 1.165) is 22.6 Å². The number of benzene rings is 1. The van der Waals surface area contributed by atoms with E-state index in [2.05, 4.69) is 20.8 Å². The van der Waals surface area contributed by atoms with Gasteiger partial charge in [-0.2, -0.15) is 0 Å². The molecule has 0 spiro atoms. The molecule has 152 valence electrons. The lowest BCUT2D eigenvalue weighted by Gasteiger charge is -2.14. The average Bonchev–Trinajstić information content (AvgIpc) is 3.35. The molecule has 29 heavy (non-hydrogen) atoms. The van der Waals surface area contributed by atoms with Gasteiger partial charge in [-0.1, -0.05) is 30.0 Å². The van der Waals surface area contributed by atoms with Gasteiger partial charge >= 0.3 is 0 Å². The minimum Gasteiger partial charge on any atom is -0.467 e. The fourth-order valence-corrected chi connectivity index (χ4v) is 3.58. The van der Waals surface area contributed by atoms with E-state index >= 15 is 0 Å². The normalized spacial score (nSPS) is 11.8. The highest BCUT2D eigenvalue weighted by Crippen LogP contribution is 2.22. The molecule has 3 rings (SSSR count). The van der Waals surface area contributed by atoms with E-state index in [-0.39, 0.29) is 18.4 Å². The van der Waals surface area contributed by atoms with Crippen molar-refractivity contribution < 1.29 is 14.0 Å². The molecule has 2 amide bonds. The summed E-state index contributed by atoms with van der Waals surface area (Å²) in [6, 6.07) is 9.47. The van der Waals surface area contributed by atoms with Crippen molar-refractivity contribution in [2.24, 2.45) is 0 Å². The highest BCUT2D eigenvalue weighted by Gasteiger charge is 2.19. The molecule has 0 aliphatic heterocycles. The minimum absolute atomic E-state index is 0.101. The summed E-state index contributed by atoms with van der Waals surface area (Å²) in [6.07, 6.45) is 3.19. The Balaban J connectivity index is 1.51. The van der Waals surface area contributed by atoms with E-state index in [0.29, 0.717) is 11.7 Å². The van der Waals surface area contributed by atoms with Gasteiger partial charge in [-0.25, -0.2) is 0 Å². The molecule has 2 aromatic heterocycles. The van der Waals surface area contributed by atoms with Crippen molar-refractivity contribution in [3.8, 4) is 0 Å². The monoisotopic (exact) mass is 413 g/mol. The maximum absolute atomic E-state index is 12.4. The quantitative estimate of drug-likeness (QED) is 0.551. The largest absolute Gasteiger partial charge is 0.467 e. The van der Waals surface area contributed by atoms with Gasteiger partial charge in [0.2, 0.25) is 11.8 Å². The third kappa shape index (κ3) is 5.47. The van der Waals surface area contributed by atoms with Crippen molar-refractivity contribution in [1.29, 1.82) is 0 Å². The molecule has 3 aromatic rings. The molecule has 1 unspecified atom stereocenters. The van der Waals surface area contributed by atoms with Crippen LogP contribution in [0.3, 0.4) is 0 Å². The summed E-state index contributed by atoms with van der Waals surface area (Å²) in [5.41, 5.74) is 2.73. The molecule has 2 heterocycles. The molecule has 1 aromatic carbocycles. The van der Waals surface area contributed by atoms with Crippen molar-refractivity contribution in [2.75, 3.05) is 11.9 Å². The van der Waals surface area contributed by atoms with Crippen LogP contribution >= 0.6 is 11.8 Å². The van der Waals surface area contributed by atoms with Crippen LogP contribution in [-0.2, 0) is 16.1 Å². The number of amides is 2. The van der Waals surface area contributed by atoms with E-state index in [1.165, 1.54) is 11.8 Å². The second kappa shape index (κ2) is 9.42. The average molecular weight is 414 g/mol. The van der Waals surface area contributed by atoms with Crippen LogP contribution in [0.15, 0.2) is 52.5 Å². The summed E-state index contributed by atoms with van der Waals surface area (Å²) < 4.78 is 7.14. The van der Waals surface area contributed by atoms with Crippen molar-refractivity contribution in [2.45, 2.75) is 37.7 Å². The van der Waals surface area contributed by atoms with Crippen LogP contribution in [0.2, 0.25) is 0 Å². The maximum Gasteiger partial charge on any atom is 0.243 e. The van der Waals surface area contributed by atoms with Crippen LogP contribution in [0.1, 0.15) is 23.8 Å². The van der Waals surface area contributed by atoms with Gasteiger partial charge in [0.05, 0.1) is 24.6 Å². The Morgan fingerprint density at radius 2 is 1.97 bits per heavy atom. The topological polar surface area (TPSA) is 102 Å². The summed E-state index contributed by atoms with van der Waals surface area (Å²) >= 11 is 1.27. The Kier molecular flexibility index (Phi) is 6.71. The number of thioether (sulfide) groups is 1. The summed E-state index contributed by atoms with van der Waals surface area (Å²) in [5.74, 6) is 0.250. The highest BCUT2D eigenvalue weighted by atomic mass is 32.2. The zero-order valence-corrected chi connectivity index (χ0v) is 17.3. The van der Waals surface area contributed by atoms with E-state index in [9.17, 15) is 9.59 Å². The first-order chi connectivity index (χ1) is 13.9. The molecule has 0 fully saturated rings. The first-order valence-corrected chi connectivity index (χ1v) is 10.0. The number of para-hydroxylation sites is 1. The van der Waals surface area contributed by atoms with Gasteiger partial charge in [0.15, 0.2) is 5.16 Å². The number of nitrogens with zero attached hydrogens (tertiary/aromatic N) is 3. The zero-order chi connectivity index (χ0) is 20.8. The fourth-order valence-electron chi connectivity index (χ4n) is 2.73. The van der Waals surface area contributed by atoms with Gasteiger partial charge in [-0.3, -0.25) is 9.59 Å². The van der Waals surface area contributed by atoms with Gasteiger partial charge < -0.3 is 19.6 Å². The number of carbonyl (C=O) groups excluding carboxylic acids is 2. The number of carbonyl (C=O) groups is 2. The number of furan rings is 1. The molecular weight excluding hydrogens is 390 g/mol. The number of hydrogen-bond donors (Lipinski definition) is 2. The third-order valence-corrected chi connectivity index (χ3v) is 5.40. The van der Waals surface area contributed by atoms with Gasteiger partial charge in [-0.15, -0.1) is 10.2 Å². The highest BCUT2D eigenvalue weighted by molar-refractivity contribution is 8.00. The molecule has 9 heteroatoms. The summed E-state index contributed by atoms with van der Waals surface area (Å²) in [7, 11) is 0. The number of aryl methyl sites for hydroxylation is 2. The van der Waals surface area contributed by atoms with Crippen LogP contribution in [0.4, 0.5) is 5.69 Å². The van der Waals surface area contributed by atoms with Crippen molar-refractivity contribution in [3.05, 3.63) is 59.8 Å². The van der Waals surface area contributed by atoms with Crippen LogP contribution < -0.4 is 10.6 Å². The van der Waals surface area contributed by atoms with Crippen molar-refractivity contribution in [3.63, 3.8) is 0 Å². The molecular formula is C20H23N5O3S. The Morgan fingerprint density at radius 1 is 1.21 bits per heavy atom. The first kappa shape index (κ1) is 20.7. The van der Waals surface area contributed by atoms with E-state index < -0.39 is 5.25 Å². The first-order valence-electron chi connectivity index (χ1n) is 9.14. The summed E-state index contributed by atoms with van der Waals surface area (Å²) in [4.78, 5) is 24.6. The Morgan fingerprint density at radius 3 is 2.66 bits per heavy atom. The number of aromatic nitrogens is 3. The second-order valence-electron chi connectivity index (χ2n) is 6.61. The lowest BCUT2D eigenvalue weighted by atomic mass is 10.1. The van der Waals surface area contributed by atoms with Gasteiger partial charge in [0.1, 0.15) is 12.1 Å². The summed E-state index contributed by atoms with van der Waals surface area (Å²) in [5, 5.41) is 13.7. The maximum atomic E-state index is 12.4. The van der Waals surface area contributed by atoms with Crippen LogP contribution in [0.25, 0.3) is 0 Å². The lowest BCUT2D eigenvalue weighted by Crippen LogP contribution is -2.37. The van der Waals surface area contributed by atoms with Gasteiger partial charge in [0, 0.05) is 5.69 Å². The molecule has 0 aliphatic rings. The third-order valence-electron chi connectivity index (χ3n) is 4.31. The van der Waals surface area contributed by atoms with Crippen molar-refractivity contribution >= 4 is 29.3 Å². The number of nitrogens with one attached hydrogen (secondary N) is 2. The second-order valence-corrected chi connectivity index (χ2v) is 7.92. The number of anilines is 1.